The van der Waals surface area contributed by atoms with E-state index in [2.05, 4.69) is 24.8 Å². The molecule has 0 fully saturated rings. The molecule has 3 N–H and O–H groups in total. The highest BCUT2D eigenvalue weighted by Crippen LogP contribution is 2.32. The molecule has 0 bridgehead atoms. The van der Waals surface area contributed by atoms with Gasteiger partial charge in [-0.3, -0.25) is 0 Å². The van der Waals surface area contributed by atoms with Gasteiger partial charge < -0.3 is 5.43 Å². The zero-order valence-electron chi connectivity index (χ0n) is 10.1. The molecule has 0 spiro atoms. The van der Waals surface area contributed by atoms with Crippen molar-refractivity contribution in [3.8, 4) is 0 Å². The Morgan fingerprint density at radius 3 is 2.65 bits per heavy atom. The fraction of sp³-hybridized carbons (Fsp3) is 0.333. The van der Waals surface area contributed by atoms with Gasteiger partial charge in [-0.2, -0.15) is 17.5 Å². The van der Waals surface area contributed by atoms with E-state index < -0.39 is 12.0 Å². The van der Waals surface area contributed by atoms with E-state index in [-0.39, 0.29) is 10.8 Å². The Bertz CT molecular complexity index is 600. The van der Waals surface area contributed by atoms with E-state index in [1.807, 2.05) is 6.92 Å². The zero-order chi connectivity index (χ0) is 14.8. The summed E-state index contributed by atoms with van der Waals surface area (Å²) in [5, 5.41) is 0.0964. The Morgan fingerprint density at radius 1 is 1.35 bits per heavy atom. The van der Waals surface area contributed by atoms with E-state index in [4.69, 9.17) is 5.84 Å². The average molecular weight is 322 g/mol. The molecule has 0 radical (unpaired) electrons. The number of nitrogens with two attached hydrogens (primary N) is 1. The molecule has 0 saturated heterocycles. The summed E-state index contributed by atoms with van der Waals surface area (Å²) in [6.07, 6.45) is -3.98. The molecule has 0 aliphatic carbocycles. The SMILES string of the molecule is CCc1nsc(Sc2cc(NN)nc(C(F)(F)F)n2)n1. The molecule has 20 heavy (non-hydrogen) atoms. The number of aryl methyl sites for hydroxylation is 1. The summed E-state index contributed by atoms with van der Waals surface area (Å²) < 4.78 is 42.5. The van der Waals surface area contributed by atoms with Crippen molar-refractivity contribution in [2.24, 2.45) is 5.84 Å². The van der Waals surface area contributed by atoms with Crippen LogP contribution in [0.3, 0.4) is 0 Å². The van der Waals surface area contributed by atoms with Gasteiger partial charge in [-0.15, -0.1) is 0 Å². The number of nitrogens with zero attached hydrogens (tertiary/aromatic N) is 4. The second-order valence-electron chi connectivity index (χ2n) is 3.49. The fourth-order valence-electron chi connectivity index (χ4n) is 1.19. The number of alkyl halides is 3. The van der Waals surface area contributed by atoms with Gasteiger partial charge in [0.25, 0.3) is 0 Å². The van der Waals surface area contributed by atoms with Crippen molar-refractivity contribution in [3.63, 3.8) is 0 Å². The van der Waals surface area contributed by atoms with Crippen LogP contribution in [0.15, 0.2) is 15.4 Å². The first-order valence-electron chi connectivity index (χ1n) is 5.35. The third-order valence-electron chi connectivity index (χ3n) is 2.06. The molecule has 2 rings (SSSR count). The summed E-state index contributed by atoms with van der Waals surface area (Å²) in [5.41, 5.74) is 2.08. The lowest BCUT2D eigenvalue weighted by Crippen LogP contribution is -2.16. The molecule has 0 aromatic carbocycles. The normalized spacial score (nSPS) is 11.7. The Kier molecular flexibility index (Phi) is 4.40. The zero-order valence-corrected chi connectivity index (χ0v) is 11.7. The van der Waals surface area contributed by atoms with Crippen LogP contribution >= 0.6 is 23.3 Å². The molecular weight excluding hydrogens is 313 g/mol. The monoisotopic (exact) mass is 322 g/mol. The van der Waals surface area contributed by atoms with Gasteiger partial charge in [0.1, 0.15) is 16.7 Å². The predicted molar refractivity (Wildman–Crippen MR) is 68.3 cm³/mol. The van der Waals surface area contributed by atoms with Gasteiger partial charge in [0.05, 0.1) is 0 Å². The minimum absolute atomic E-state index is 0.0964. The van der Waals surface area contributed by atoms with E-state index in [0.717, 1.165) is 23.3 Å². The quantitative estimate of drug-likeness (QED) is 0.507. The Hall–Kier alpha value is -1.46. The first-order valence-corrected chi connectivity index (χ1v) is 6.94. The molecule has 0 atom stereocenters. The van der Waals surface area contributed by atoms with Crippen LogP contribution in [0, 0.1) is 0 Å². The molecule has 6 nitrogen and oxygen atoms in total. The minimum Gasteiger partial charge on any atom is -0.308 e. The second kappa shape index (κ2) is 5.89. The Balaban J connectivity index is 2.31. The maximum atomic E-state index is 12.7. The van der Waals surface area contributed by atoms with Crippen LogP contribution in [-0.4, -0.2) is 19.3 Å². The van der Waals surface area contributed by atoms with Crippen molar-refractivity contribution < 1.29 is 13.2 Å². The minimum atomic E-state index is -4.64. The number of nitrogens with one attached hydrogen (secondary N) is 1. The van der Waals surface area contributed by atoms with Crippen molar-refractivity contribution >= 4 is 29.1 Å². The molecule has 0 aliphatic heterocycles. The van der Waals surface area contributed by atoms with E-state index in [1.54, 1.807) is 0 Å². The van der Waals surface area contributed by atoms with Crippen LogP contribution < -0.4 is 11.3 Å². The number of rotatable bonds is 4. The summed E-state index contributed by atoms with van der Waals surface area (Å²) in [5.74, 6) is 4.38. The third kappa shape index (κ3) is 3.55. The lowest BCUT2D eigenvalue weighted by Gasteiger charge is -2.08. The highest BCUT2D eigenvalue weighted by Gasteiger charge is 2.35. The third-order valence-corrected chi connectivity index (χ3v) is 3.77. The van der Waals surface area contributed by atoms with Crippen LogP contribution in [0.2, 0.25) is 0 Å². The van der Waals surface area contributed by atoms with Gasteiger partial charge in [-0.1, -0.05) is 6.92 Å². The number of halogens is 3. The second-order valence-corrected chi connectivity index (χ2v) is 5.51. The number of aromatic nitrogens is 4. The standard InChI is InChI=1S/C9H9F3N6S2/c1-2-4-15-8(20-18-4)19-6-3-5(17-13)14-7(16-6)9(10,11)12/h3H,2,13H2,1H3,(H,14,16,17). The van der Waals surface area contributed by atoms with Crippen LogP contribution in [0.4, 0.5) is 19.0 Å². The molecular formula is C9H9F3N6S2. The molecule has 108 valence electrons. The number of hydrogen-bond donors (Lipinski definition) is 2. The smallest absolute Gasteiger partial charge is 0.308 e. The highest BCUT2D eigenvalue weighted by atomic mass is 32.2. The van der Waals surface area contributed by atoms with Crippen molar-refractivity contribution in [1.29, 1.82) is 0 Å². The predicted octanol–water partition coefficient (Wildman–Crippen LogP) is 2.35. The van der Waals surface area contributed by atoms with E-state index >= 15 is 0 Å². The van der Waals surface area contributed by atoms with Crippen molar-refractivity contribution in [1.82, 2.24) is 19.3 Å². The van der Waals surface area contributed by atoms with Crippen LogP contribution in [0.25, 0.3) is 0 Å². The molecule has 0 unspecified atom stereocenters. The van der Waals surface area contributed by atoms with Gasteiger partial charge in [-0.25, -0.2) is 20.8 Å². The maximum absolute atomic E-state index is 12.7. The Morgan fingerprint density at radius 2 is 2.10 bits per heavy atom. The molecule has 0 amide bonds. The summed E-state index contributed by atoms with van der Waals surface area (Å²) >= 11 is 2.09. The molecule has 0 saturated carbocycles. The summed E-state index contributed by atoms with van der Waals surface area (Å²) in [7, 11) is 0. The average Bonchev–Trinajstić information content (AvgIpc) is 2.85. The summed E-state index contributed by atoms with van der Waals surface area (Å²) in [4.78, 5) is 10.9. The number of anilines is 1. The summed E-state index contributed by atoms with van der Waals surface area (Å²) in [6.45, 7) is 1.89. The number of hydrogen-bond acceptors (Lipinski definition) is 8. The topological polar surface area (TPSA) is 89.6 Å². The van der Waals surface area contributed by atoms with Crippen molar-refractivity contribution in [2.45, 2.75) is 28.9 Å². The lowest BCUT2D eigenvalue weighted by atomic mass is 10.5. The summed E-state index contributed by atoms with van der Waals surface area (Å²) in [6, 6.07) is 1.31. The van der Waals surface area contributed by atoms with E-state index in [9.17, 15) is 13.2 Å². The fourth-order valence-corrected chi connectivity index (χ4v) is 2.84. The van der Waals surface area contributed by atoms with Gasteiger partial charge in [-0.05, 0) is 23.3 Å². The van der Waals surface area contributed by atoms with Gasteiger partial charge in [0.2, 0.25) is 5.82 Å². The number of hydrazine groups is 1. The molecule has 11 heteroatoms. The lowest BCUT2D eigenvalue weighted by molar-refractivity contribution is -0.145. The highest BCUT2D eigenvalue weighted by molar-refractivity contribution is 8.00. The van der Waals surface area contributed by atoms with Gasteiger partial charge in [0, 0.05) is 12.5 Å². The van der Waals surface area contributed by atoms with Crippen LogP contribution in [0.5, 0.6) is 0 Å². The Labute approximate surface area is 120 Å². The van der Waals surface area contributed by atoms with E-state index in [1.165, 1.54) is 6.07 Å². The maximum Gasteiger partial charge on any atom is 0.451 e. The number of nitrogen functional groups attached to an aromatic ring is 1. The van der Waals surface area contributed by atoms with Crippen molar-refractivity contribution in [2.75, 3.05) is 5.43 Å². The van der Waals surface area contributed by atoms with E-state index in [0.29, 0.717) is 16.6 Å². The van der Waals surface area contributed by atoms with Gasteiger partial charge in [0.15, 0.2) is 4.34 Å². The molecule has 2 aromatic rings. The largest absolute Gasteiger partial charge is 0.451 e. The van der Waals surface area contributed by atoms with Crippen LogP contribution in [0.1, 0.15) is 18.6 Å². The van der Waals surface area contributed by atoms with Crippen LogP contribution in [-0.2, 0) is 12.6 Å². The van der Waals surface area contributed by atoms with Gasteiger partial charge >= 0.3 is 6.18 Å². The molecule has 0 aliphatic rings. The molecule has 2 heterocycles. The first kappa shape index (κ1) is 14.9. The van der Waals surface area contributed by atoms with Crippen molar-refractivity contribution in [3.05, 3.63) is 17.7 Å². The first-order chi connectivity index (χ1) is 9.42. The molecule has 2 aromatic heterocycles.